The molecule has 2 N–H and O–H groups in total. The Labute approximate surface area is 148 Å². The molecule has 0 aliphatic rings. The van der Waals surface area contributed by atoms with Gasteiger partial charge >= 0.3 is 0 Å². The van der Waals surface area contributed by atoms with Crippen molar-refractivity contribution in [1.29, 1.82) is 0 Å². The third-order valence-corrected chi connectivity index (χ3v) is 3.57. The normalized spacial score (nSPS) is 10.9. The standard InChI is InChI=1S/C18H14N4O4/c1-2-9-22-13-7-4-3-6-12(13)16(18(22)25)21-20-15(23)11-19-17(24)14-8-5-10-26-14/h1,3-8,10,25H,9,11H2,(H,19,24). The zero-order valence-corrected chi connectivity index (χ0v) is 13.5. The molecule has 130 valence electrons. The van der Waals surface area contributed by atoms with E-state index in [1.807, 2.05) is 0 Å². The first-order chi connectivity index (χ1) is 12.6. The molecule has 0 unspecified atom stereocenters. The van der Waals surface area contributed by atoms with Crippen LogP contribution in [-0.4, -0.2) is 28.0 Å². The summed E-state index contributed by atoms with van der Waals surface area (Å²) in [7, 11) is 0. The van der Waals surface area contributed by atoms with Crippen LogP contribution in [0.1, 0.15) is 10.6 Å². The number of aromatic hydroxyl groups is 1. The molecular weight excluding hydrogens is 336 g/mol. The molecule has 0 fully saturated rings. The summed E-state index contributed by atoms with van der Waals surface area (Å²) in [4.78, 5) is 23.5. The zero-order chi connectivity index (χ0) is 18.5. The predicted molar refractivity (Wildman–Crippen MR) is 93.0 cm³/mol. The van der Waals surface area contributed by atoms with E-state index in [2.05, 4.69) is 21.5 Å². The number of amides is 2. The Balaban J connectivity index is 1.76. The maximum absolute atomic E-state index is 11.8. The van der Waals surface area contributed by atoms with Crippen LogP contribution in [0.25, 0.3) is 10.9 Å². The van der Waals surface area contributed by atoms with E-state index in [-0.39, 0.29) is 30.4 Å². The summed E-state index contributed by atoms with van der Waals surface area (Å²) in [5.74, 6) is 1.14. The number of rotatable bonds is 5. The molecule has 0 radical (unpaired) electrons. The fourth-order valence-corrected chi connectivity index (χ4v) is 2.41. The van der Waals surface area contributed by atoms with Gasteiger partial charge in [-0.25, -0.2) is 0 Å². The van der Waals surface area contributed by atoms with E-state index in [0.717, 1.165) is 0 Å². The zero-order valence-electron chi connectivity index (χ0n) is 13.5. The average Bonchev–Trinajstić information content (AvgIpc) is 3.27. The van der Waals surface area contributed by atoms with Crippen LogP contribution in [0.2, 0.25) is 0 Å². The van der Waals surface area contributed by atoms with Crippen LogP contribution in [0.5, 0.6) is 5.88 Å². The van der Waals surface area contributed by atoms with Crippen LogP contribution in [0.15, 0.2) is 57.3 Å². The first kappa shape index (κ1) is 17.0. The van der Waals surface area contributed by atoms with Crippen molar-refractivity contribution in [3.05, 3.63) is 48.4 Å². The van der Waals surface area contributed by atoms with Crippen LogP contribution in [0.3, 0.4) is 0 Å². The number of fused-ring (bicyclic) bond motifs is 1. The van der Waals surface area contributed by atoms with Gasteiger partial charge in [-0.05, 0) is 18.2 Å². The molecule has 2 aromatic heterocycles. The molecule has 2 heterocycles. The van der Waals surface area contributed by atoms with Crippen LogP contribution in [0, 0.1) is 12.3 Å². The molecule has 26 heavy (non-hydrogen) atoms. The highest BCUT2D eigenvalue weighted by molar-refractivity contribution is 5.96. The molecule has 0 atom stereocenters. The fourth-order valence-electron chi connectivity index (χ4n) is 2.41. The molecule has 8 nitrogen and oxygen atoms in total. The number of carbonyl (C=O) groups excluding carboxylic acids is 2. The van der Waals surface area contributed by atoms with Crippen molar-refractivity contribution in [2.75, 3.05) is 6.54 Å². The second-order valence-corrected chi connectivity index (χ2v) is 5.23. The molecular formula is C18H14N4O4. The van der Waals surface area contributed by atoms with Gasteiger partial charge in [-0.2, -0.15) is 0 Å². The smallest absolute Gasteiger partial charge is 0.287 e. The van der Waals surface area contributed by atoms with Gasteiger partial charge in [-0.1, -0.05) is 24.1 Å². The Kier molecular flexibility index (Phi) is 4.80. The number of benzene rings is 1. The molecule has 3 aromatic rings. The predicted octanol–water partition coefficient (Wildman–Crippen LogP) is 2.61. The fraction of sp³-hybridized carbons (Fsp3) is 0.111. The molecule has 8 heteroatoms. The molecule has 0 aliphatic heterocycles. The second kappa shape index (κ2) is 7.36. The van der Waals surface area contributed by atoms with Crippen molar-refractivity contribution in [3.63, 3.8) is 0 Å². The van der Waals surface area contributed by atoms with Crippen LogP contribution in [-0.2, 0) is 11.3 Å². The van der Waals surface area contributed by atoms with Gasteiger partial charge in [0.05, 0.1) is 18.3 Å². The minimum atomic E-state index is -0.682. The van der Waals surface area contributed by atoms with Gasteiger partial charge in [-0.15, -0.1) is 16.7 Å². The first-order valence-corrected chi connectivity index (χ1v) is 7.61. The van der Waals surface area contributed by atoms with Crippen molar-refractivity contribution in [2.24, 2.45) is 10.2 Å². The molecule has 1 aromatic carbocycles. The lowest BCUT2D eigenvalue weighted by Crippen LogP contribution is -2.28. The maximum atomic E-state index is 11.8. The number of furan rings is 1. The number of terminal acetylenes is 1. The molecule has 0 spiro atoms. The van der Waals surface area contributed by atoms with E-state index in [9.17, 15) is 14.7 Å². The number of carbonyl (C=O) groups is 2. The molecule has 2 amide bonds. The molecule has 0 bridgehead atoms. The summed E-state index contributed by atoms with van der Waals surface area (Å²) in [5, 5.41) is 20.7. The van der Waals surface area contributed by atoms with E-state index in [1.54, 1.807) is 30.3 Å². The van der Waals surface area contributed by atoms with Crippen molar-refractivity contribution in [3.8, 4) is 18.2 Å². The van der Waals surface area contributed by atoms with Gasteiger partial charge in [0.25, 0.3) is 11.8 Å². The van der Waals surface area contributed by atoms with Gasteiger partial charge in [0.15, 0.2) is 11.4 Å². The monoisotopic (exact) mass is 350 g/mol. The first-order valence-electron chi connectivity index (χ1n) is 7.61. The van der Waals surface area contributed by atoms with E-state index < -0.39 is 11.8 Å². The maximum Gasteiger partial charge on any atom is 0.287 e. The van der Waals surface area contributed by atoms with E-state index in [1.165, 1.54) is 16.9 Å². The topological polar surface area (TPSA) is 109 Å². The van der Waals surface area contributed by atoms with Crippen LogP contribution < -0.4 is 5.32 Å². The van der Waals surface area contributed by atoms with Gasteiger partial charge in [0, 0.05) is 5.39 Å². The molecule has 0 aliphatic carbocycles. The highest BCUT2D eigenvalue weighted by atomic mass is 16.3. The number of nitrogens with zero attached hydrogens (tertiary/aromatic N) is 3. The lowest BCUT2D eigenvalue weighted by atomic mass is 10.2. The number of hydrogen-bond donors (Lipinski definition) is 2. The Morgan fingerprint density at radius 1 is 1.27 bits per heavy atom. The van der Waals surface area contributed by atoms with Gasteiger partial charge in [0.2, 0.25) is 5.88 Å². The van der Waals surface area contributed by atoms with Crippen molar-refractivity contribution in [1.82, 2.24) is 9.88 Å². The van der Waals surface area contributed by atoms with Crippen LogP contribution >= 0.6 is 0 Å². The SMILES string of the molecule is C#CCn1c(O)c(N=NC(=O)CNC(=O)c2ccco2)c2ccccc21. The highest BCUT2D eigenvalue weighted by Crippen LogP contribution is 2.38. The van der Waals surface area contributed by atoms with Crippen molar-refractivity contribution in [2.45, 2.75) is 6.54 Å². The van der Waals surface area contributed by atoms with E-state index in [4.69, 9.17) is 10.8 Å². The number of nitrogens with one attached hydrogen (secondary N) is 1. The summed E-state index contributed by atoms with van der Waals surface area (Å²) in [6, 6.07) is 10.1. The Hall–Kier alpha value is -3.86. The third-order valence-electron chi connectivity index (χ3n) is 3.57. The lowest BCUT2D eigenvalue weighted by molar-refractivity contribution is -0.117. The molecule has 0 saturated heterocycles. The van der Waals surface area contributed by atoms with E-state index in [0.29, 0.717) is 10.9 Å². The lowest BCUT2D eigenvalue weighted by Gasteiger charge is -2.00. The average molecular weight is 350 g/mol. The molecule has 3 rings (SSSR count). The summed E-state index contributed by atoms with van der Waals surface area (Å²) in [6.07, 6.45) is 6.67. The number of para-hydroxylation sites is 1. The summed E-state index contributed by atoms with van der Waals surface area (Å²) in [6.45, 7) is -0.207. The van der Waals surface area contributed by atoms with Crippen LogP contribution in [0.4, 0.5) is 5.69 Å². The Morgan fingerprint density at radius 3 is 2.81 bits per heavy atom. The minimum Gasteiger partial charge on any atom is -0.493 e. The molecule has 0 saturated carbocycles. The summed E-state index contributed by atoms with van der Waals surface area (Å²) in [5.41, 5.74) is 0.817. The second-order valence-electron chi connectivity index (χ2n) is 5.23. The third kappa shape index (κ3) is 3.32. The van der Waals surface area contributed by atoms with Gasteiger partial charge in [0.1, 0.15) is 6.54 Å². The Morgan fingerprint density at radius 2 is 2.08 bits per heavy atom. The number of azo groups is 1. The van der Waals surface area contributed by atoms with Gasteiger partial charge < -0.3 is 14.8 Å². The van der Waals surface area contributed by atoms with Crippen molar-refractivity contribution >= 4 is 28.4 Å². The number of hydrogen-bond acceptors (Lipinski definition) is 5. The van der Waals surface area contributed by atoms with E-state index >= 15 is 0 Å². The minimum absolute atomic E-state index is 0.0877. The summed E-state index contributed by atoms with van der Waals surface area (Å²) < 4.78 is 6.41. The van der Waals surface area contributed by atoms with Gasteiger partial charge in [-0.3, -0.25) is 14.2 Å². The van der Waals surface area contributed by atoms with Crippen molar-refractivity contribution < 1.29 is 19.1 Å². The quantitative estimate of drug-likeness (QED) is 0.544. The largest absolute Gasteiger partial charge is 0.493 e. The number of aromatic nitrogens is 1. The Bertz CT molecular complexity index is 1030. The summed E-state index contributed by atoms with van der Waals surface area (Å²) >= 11 is 0. The highest BCUT2D eigenvalue weighted by Gasteiger charge is 2.16.